The molecule has 0 aliphatic heterocycles. The summed E-state index contributed by atoms with van der Waals surface area (Å²) in [5, 5.41) is 49.4. The van der Waals surface area contributed by atoms with E-state index in [1.54, 1.807) is 0 Å². The summed E-state index contributed by atoms with van der Waals surface area (Å²) in [4.78, 5) is 22.9. The highest BCUT2D eigenvalue weighted by atomic mass is 16.4. The van der Waals surface area contributed by atoms with Crippen LogP contribution in [-0.2, 0) is 17.8 Å². The number of benzene rings is 2. The lowest BCUT2D eigenvalue weighted by Gasteiger charge is -2.11. The lowest BCUT2D eigenvalue weighted by Crippen LogP contribution is -2.23. The van der Waals surface area contributed by atoms with Crippen LogP contribution in [0.1, 0.15) is 21.5 Å². The molecular formula is C16H15NO7. The molecule has 6 N–H and O–H groups in total. The first-order valence-corrected chi connectivity index (χ1v) is 6.83. The number of carbonyl (C=O) groups excluding carboxylic acids is 1. The summed E-state index contributed by atoms with van der Waals surface area (Å²) in [5.41, 5.74) is 0.133. The van der Waals surface area contributed by atoms with Crippen LogP contribution in [0.25, 0.3) is 0 Å². The van der Waals surface area contributed by atoms with E-state index in [1.165, 1.54) is 18.2 Å². The molecule has 2 aromatic rings. The normalized spacial score (nSPS) is 10.3. The summed E-state index contributed by atoms with van der Waals surface area (Å²) < 4.78 is 0. The van der Waals surface area contributed by atoms with Gasteiger partial charge in [0.25, 0.3) is 5.91 Å². The number of carbonyl (C=O) groups is 2. The summed E-state index contributed by atoms with van der Waals surface area (Å²) in [6.45, 7) is -0.0178. The van der Waals surface area contributed by atoms with Crippen molar-refractivity contribution >= 4 is 11.9 Å². The zero-order valence-electron chi connectivity index (χ0n) is 12.4. The van der Waals surface area contributed by atoms with Gasteiger partial charge in [0.1, 0.15) is 11.5 Å². The molecule has 8 heteroatoms. The first kappa shape index (κ1) is 16.9. The Labute approximate surface area is 136 Å². The lowest BCUT2D eigenvalue weighted by molar-refractivity contribution is -0.136. The molecule has 24 heavy (non-hydrogen) atoms. The monoisotopic (exact) mass is 333 g/mol. The third-order valence-electron chi connectivity index (χ3n) is 3.25. The Bertz CT molecular complexity index is 801. The third-order valence-corrected chi connectivity index (χ3v) is 3.25. The van der Waals surface area contributed by atoms with Crippen molar-refractivity contribution in [3.8, 4) is 23.0 Å². The highest BCUT2D eigenvalue weighted by Gasteiger charge is 2.18. The van der Waals surface area contributed by atoms with Crippen molar-refractivity contribution in [1.29, 1.82) is 0 Å². The first-order valence-electron chi connectivity index (χ1n) is 6.83. The number of carboxylic acids is 1. The minimum absolute atomic E-state index is 0.0178. The van der Waals surface area contributed by atoms with Crippen molar-refractivity contribution in [2.24, 2.45) is 0 Å². The maximum Gasteiger partial charge on any atom is 0.307 e. The number of aliphatic carboxylic acids is 1. The van der Waals surface area contributed by atoms with E-state index in [4.69, 9.17) is 5.11 Å². The SMILES string of the molecule is O=C(O)Cc1cc(O)cc(C(=O)NCc2ccc(O)c(O)c2)c1O. The van der Waals surface area contributed by atoms with Crippen molar-refractivity contribution < 1.29 is 35.1 Å². The molecule has 2 rings (SSSR count). The number of rotatable bonds is 5. The summed E-state index contributed by atoms with van der Waals surface area (Å²) in [6.07, 6.45) is -0.549. The number of phenolic OH excluding ortho intramolecular Hbond substituents is 4. The van der Waals surface area contributed by atoms with Crippen LogP contribution in [0, 0.1) is 0 Å². The molecular weight excluding hydrogens is 318 g/mol. The molecule has 126 valence electrons. The Morgan fingerprint density at radius 1 is 0.958 bits per heavy atom. The predicted molar refractivity (Wildman–Crippen MR) is 82.1 cm³/mol. The Morgan fingerprint density at radius 3 is 2.29 bits per heavy atom. The van der Waals surface area contributed by atoms with Crippen molar-refractivity contribution in [1.82, 2.24) is 5.32 Å². The third kappa shape index (κ3) is 3.86. The van der Waals surface area contributed by atoms with Crippen LogP contribution in [0.5, 0.6) is 23.0 Å². The van der Waals surface area contributed by atoms with Crippen molar-refractivity contribution in [2.45, 2.75) is 13.0 Å². The van der Waals surface area contributed by atoms with Gasteiger partial charge in [-0.3, -0.25) is 9.59 Å². The highest BCUT2D eigenvalue weighted by Crippen LogP contribution is 2.29. The minimum atomic E-state index is -1.22. The average Bonchev–Trinajstić information content (AvgIpc) is 2.51. The van der Waals surface area contributed by atoms with E-state index in [0.29, 0.717) is 5.56 Å². The number of hydrogen-bond acceptors (Lipinski definition) is 6. The Kier molecular flexibility index (Phi) is 4.78. The molecule has 2 aromatic carbocycles. The molecule has 0 unspecified atom stereocenters. The van der Waals surface area contributed by atoms with E-state index in [9.17, 15) is 30.0 Å². The standard InChI is InChI=1S/C16H15NO7/c18-10-4-9(5-14(21)22)15(23)11(6-10)16(24)17-7-8-1-2-12(19)13(20)3-8/h1-4,6,18-20,23H,5,7H2,(H,17,24)(H,21,22). The molecule has 0 aliphatic rings. The van der Waals surface area contributed by atoms with Crippen LogP contribution in [-0.4, -0.2) is 37.4 Å². The molecule has 0 bridgehead atoms. The molecule has 0 saturated heterocycles. The van der Waals surface area contributed by atoms with Gasteiger partial charge in [-0.25, -0.2) is 0 Å². The number of carboxylic acid groups (broad SMARTS) is 1. The molecule has 0 radical (unpaired) electrons. The number of amides is 1. The van der Waals surface area contributed by atoms with Crippen LogP contribution in [0.3, 0.4) is 0 Å². The molecule has 8 nitrogen and oxygen atoms in total. The number of aromatic hydroxyl groups is 4. The van der Waals surface area contributed by atoms with Crippen molar-refractivity contribution in [3.63, 3.8) is 0 Å². The lowest BCUT2D eigenvalue weighted by atomic mass is 10.0. The predicted octanol–water partition coefficient (Wildman–Crippen LogP) is 1.07. The van der Waals surface area contributed by atoms with E-state index in [2.05, 4.69) is 5.32 Å². The highest BCUT2D eigenvalue weighted by molar-refractivity contribution is 5.98. The molecule has 0 saturated carbocycles. The fourth-order valence-corrected chi connectivity index (χ4v) is 2.11. The van der Waals surface area contributed by atoms with Gasteiger partial charge >= 0.3 is 5.97 Å². The van der Waals surface area contributed by atoms with Gasteiger partial charge in [-0.2, -0.15) is 0 Å². The van der Waals surface area contributed by atoms with Gasteiger partial charge in [0.2, 0.25) is 0 Å². The zero-order valence-corrected chi connectivity index (χ0v) is 12.4. The van der Waals surface area contributed by atoms with Crippen molar-refractivity contribution in [3.05, 3.63) is 47.0 Å². The van der Waals surface area contributed by atoms with Gasteiger partial charge < -0.3 is 30.8 Å². The summed E-state index contributed by atoms with van der Waals surface area (Å²) in [6, 6.07) is 6.08. The van der Waals surface area contributed by atoms with Gasteiger partial charge in [0.15, 0.2) is 11.5 Å². The number of nitrogens with one attached hydrogen (secondary N) is 1. The molecule has 0 aromatic heterocycles. The molecule has 0 fully saturated rings. The Balaban J connectivity index is 2.18. The summed E-state index contributed by atoms with van der Waals surface area (Å²) in [5.74, 6) is -3.47. The van der Waals surface area contributed by atoms with E-state index >= 15 is 0 Å². The van der Waals surface area contributed by atoms with Gasteiger partial charge in [0.05, 0.1) is 12.0 Å². The van der Waals surface area contributed by atoms with E-state index in [1.807, 2.05) is 0 Å². The number of hydrogen-bond donors (Lipinski definition) is 6. The zero-order chi connectivity index (χ0) is 17.9. The van der Waals surface area contributed by atoms with Crippen LogP contribution >= 0.6 is 0 Å². The second-order valence-corrected chi connectivity index (χ2v) is 5.08. The van der Waals surface area contributed by atoms with Crippen LogP contribution in [0.4, 0.5) is 0 Å². The first-order chi connectivity index (χ1) is 11.3. The molecule has 0 spiro atoms. The second-order valence-electron chi connectivity index (χ2n) is 5.08. The smallest absolute Gasteiger partial charge is 0.307 e. The van der Waals surface area contributed by atoms with Crippen LogP contribution in [0.2, 0.25) is 0 Å². The maximum atomic E-state index is 12.1. The molecule has 1 amide bonds. The maximum absolute atomic E-state index is 12.1. The van der Waals surface area contributed by atoms with Crippen molar-refractivity contribution in [2.75, 3.05) is 0 Å². The summed E-state index contributed by atoms with van der Waals surface area (Å²) >= 11 is 0. The fourth-order valence-electron chi connectivity index (χ4n) is 2.11. The van der Waals surface area contributed by atoms with Gasteiger partial charge in [-0.05, 0) is 29.8 Å². The second kappa shape index (κ2) is 6.78. The van der Waals surface area contributed by atoms with Crippen LogP contribution in [0.15, 0.2) is 30.3 Å². The Morgan fingerprint density at radius 2 is 1.67 bits per heavy atom. The largest absolute Gasteiger partial charge is 0.508 e. The molecule has 0 atom stereocenters. The van der Waals surface area contributed by atoms with E-state index in [0.717, 1.165) is 12.1 Å². The Hall–Kier alpha value is -3.42. The van der Waals surface area contributed by atoms with Gasteiger partial charge in [-0.15, -0.1) is 0 Å². The van der Waals surface area contributed by atoms with Crippen LogP contribution < -0.4 is 5.32 Å². The minimum Gasteiger partial charge on any atom is -0.508 e. The molecule has 0 aliphatic carbocycles. The van der Waals surface area contributed by atoms with E-state index < -0.39 is 24.0 Å². The quantitative estimate of drug-likeness (QED) is 0.354. The molecule has 0 heterocycles. The van der Waals surface area contributed by atoms with Gasteiger partial charge in [0, 0.05) is 12.1 Å². The fraction of sp³-hybridized carbons (Fsp3) is 0.125. The average molecular weight is 333 g/mol. The topological polar surface area (TPSA) is 147 Å². The van der Waals surface area contributed by atoms with Gasteiger partial charge in [-0.1, -0.05) is 6.07 Å². The summed E-state index contributed by atoms with van der Waals surface area (Å²) in [7, 11) is 0. The number of phenols is 4. The van der Waals surface area contributed by atoms with E-state index in [-0.39, 0.29) is 34.9 Å².